The fourth-order valence-electron chi connectivity index (χ4n) is 4.46. The zero-order chi connectivity index (χ0) is 26.1. The zero-order valence-corrected chi connectivity index (χ0v) is 21.7. The Kier molecular flexibility index (Phi) is 6.28. The smallest absolute Gasteiger partial charge is 0.239 e. The Morgan fingerprint density at radius 2 is 1.45 bits per heavy atom. The van der Waals surface area contributed by atoms with Gasteiger partial charge in [0.25, 0.3) is 0 Å². The molecule has 0 atom stereocenters. The van der Waals surface area contributed by atoms with Gasteiger partial charge in [-0.3, -0.25) is 0 Å². The van der Waals surface area contributed by atoms with Crippen molar-refractivity contribution in [3.63, 3.8) is 0 Å². The fourth-order valence-corrected chi connectivity index (χ4v) is 4.59. The van der Waals surface area contributed by atoms with E-state index in [9.17, 15) is 0 Å². The van der Waals surface area contributed by atoms with Gasteiger partial charge in [-0.2, -0.15) is 5.10 Å². The third-order valence-electron chi connectivity index (χ3n) is 6.46. The average Bonchev–Trinajstić information content (AvgIpc) is 3.35. The second-order valence-corrected chi connectivity index (χ2v) is 9.63. The van der Waals surface area contributed by atoms with Gasteiger partial charge >= 0.3 is 0 Å². The van der Waals surface area contributed by atoms with Crippen molar-refractivity contribution in [2.24, 2.45) is 10.2 Å². The van der Waals surface area contributed by atoms with E-state index in [0.717, 1.165) is 49.9 Å². The van der Waals surface area contributed by atoms with Crippen LogP contribution in [0.15, 0.2) is 122 Å². The maximum absolute atomic E-state index is 6.19. The van der Waals surface area contributed by atoms with E-state index in [1.165, 1.54) is 0 Å². The Morgan fingerprint density at radius 1 is 0.737 bits per heavy atom. The lowest BCUT2D eigenvalue weighted by atomic mass is 9.98. The van der Waals surface area contributed by atoms with Gasteiger partial charge < -0.3 is 13.7 Å². The largest absolute Gasteiger partial charge is 0.464 e. The Hall–Kier alpha value is -4.61. The number of halogens is 1. The Bertz CT molecular complexity index is 1830. The van der Waals surface area contributed by atoms with Crippen molar-refractivity contribution in [2.45, 2.75) is 0 Å². The molecule has 2 aromatic heterocycles. The quantitative estimate of drug-likeness (QED) is 0.171. The summed E-state index contributed by atoms with van der Waals surface area (Å²) in [6.07, 6.45) is 3.49. The number of benzene rings is 4. The molecule has 0 unspecified atom stereocenters. The van der Waals surface area contributed by atoms with Crippen LogP contribution >= 0.6 is 11.6 Å². The van der Waals surface area contributed by atoms with E-state index in [-0.39, 0.29) is 0 Å². The predicted molar refractivity (Wildman–Crippen MR) is 156 cm³/mol. The molecule has 0 fully saturated rings. The van der Waals surface area contributed by atoms with Crippen LogP contribution < -0.4 is 10.5 Å². The summed E-state index contributed by atoms with van der Waals surface area (Å²) in [6, 6.07) is 32.0. The highest BCUT2D eigenvalue weighted by molar-refractivity contribution is 6.30. The van der Waals surface area contributed by atoms with Gasteiger partial charge in [0.05, 0.1) is 12.5 Å². The molecule has 0 aliphatic rings. The number of anilines is 1. The summed E-state index contributed by atoms with van der Waals surface area (Å²) >= 11 is 6.10. The standard InChI is InChI=1S/C32H24ClN3O2/c1-36(2)25-14-8-21(9-15-25)19-34-35-32-17-26(22-6-4-3-5-7-22)27-16-28-29(23-10-12-24(33)13-11-23)20-37-30(28)18-31(27)38-32/h3-20H,1-2H3/b34-19-,35-32+. The van der Waals surface area contributed by atoms with Gasteiger partial charge in [-0.1, -0.05) is 66.2 Å². The third-order valence-corrected chi connectivity index (χ3v) is 6.71. The zero-order valence-electron chi connectivity index (χ0n) is 20.9. The van der Waals surface area contributed by atoms with E-state index in [1.807, 2.05) is 93.0 Å². The van der Waals surface area contributed by atoms with Crippen LogP contribution in [0.3, 0.4) is 0 Å². The first-order valence-corrected chi connectivity index (χ1v) is 12.6. The van der Waals surface area contributed by atoms with Crippen LogP contribution in [-0.2, 0) is 0 Å². The number of hydrogen-bond donors (Lipinski definition) is 0. The van der Waals surface area contributed by atoms with Crippen LogP contribution in [0.1, 0.15) is 5.56 Å². The van der Waals surface area contributed by atoms with Gasteiger partial charge in [0, 0.05) is 53.3 Å². The molecule has 0 saturated carbocycles. The molecule has 38 heavy (non-hydrogen) atoms. The Labute approximate surface area is 224 Å². The normalized spacial score (nSPS) is 12.1. The summed E-state index contributed by atoms with van der Waals surface area (Å²) in [4.78, 5) is 2.05. The number of rotatable bonds is 5. The molecule has 0 aliphatic carbocycles. The number of fused-ring (bicyclic) bond motifs is 2. The van der Waals surface area contributed by atoms with Gasteiger partial charge in [-0.15, -0.1) is 5.10 Å². The monoisotopic (exact) mass is 517 g/mol. The van der Waals surface area contributed by atoms with Crippen molar-refractivity contribution in [3.05, 3.63) is 119 Å². The first kappa shape index (κ1) is 23.8. The maximum Gasteiger partial charge on any atom is 0.239 e. The summed E-state index contributed by atoms with van der Waals surface area (Å²) in [5.74, 6) is 0. The molecule has 5 nitrogen and oxygen atoms in total. The topological polar surface area (TPSA) is 54.2 Å². The molecular formula is C32H24ClN3O2. The molecule has 0 bridgehead atoms. The van der Waals surface area contributed by atoms with E-state index in [4.69, 9.17) is 20.4 Å². The lowest BCUT2D eigenvalue weighted by Gasteiger charge is -2.11. The summed E-state index contributed by atoms with van der Waals surface area (Å²) in [7, 11) is 4.03. The molecule has 2 heterocycles. The highest BCUT2D eigenvalue weighted by Crippen LogP contribution is 2.36. The van der Waals surface area contributed by atoms with Crippen LogP contribution in [-0.4, -0.2) is 20.3 Å². The predicted octanol–water partition coefficient (Wildman–Crippen LogP) is 8.17. The molecule has 0 spiro atoms. The van der Waals surface area contributed by atoms with Gasteiger partial charge in [0.2, 0.25) is 5.55 Å². The maximum atomic E-state index is 6.19. The molecule has 0 amide bonds. The first-order chi connectivity index (χ1) is 18.5. The Morgan fingerprint density at radius 3 is 2.18 bits per heavy atom. The van der Waals surface area contributed by atoms with Crippen molar-refractivity contribution < 1.29 is 8.83 Å². The van der Waals surface area contributed by atoms with Crippen molar-refractivity contribution >= 4 is 45.4 Å². The van der Waals surface area contributed by atoms with Crippen molar-refractivity contribution in [1.82, 2.24) is 0 Å². The molecule has 0 saturated heterocycles. The van der Waals surface area contributed by atoms with Crippen LogP contribution in [0.2, 0.25) is 5.02 Å². The minimum Gasteiger partial charge on any atom is -0.464 e. The molecule has 6 heteroatoms. The summed E-state index contributed by atoms with van der Waals surface area (Å²) < 4.78 is 12.1. The van der Waals surface area contributed by atoms with E-state index < -0.39 is 0 Å². The van der Waals surface area contributed by atoms with Crippen LogP contribution in [0.4, 0.5) is 5.69 Å². The number of nitrogens with zero attached hydrogens (tertiary/aromatic N) is 3. The molecule has 0 radical (unpaired) electrons. The number of hydrogen-bond acceptors (Lipinski definition) is 5. The second-order valence-electron chi connectivity index (χ2n) is 9.20. The van der Waals surface area contributed by atoms with Crippen LogP contribution in [0.5, 0.6) is 0 Å². The van der Waals surface area contributed by atoms with Crippen LogP contribution in [0.25, 0.3) is 44.2 Å². The first-order valence-electron chi connectivity index (χ1n) is 12.2. The molecular weight excluding hydrogens is 494 g/mol. The highest BCUT2D eigenvalue weighted by atomic mass is 35.5. The van der Waals surface area contributed by atoms with E-state index in [2.05, 4.69) is 33.3 Å². The fraction of sp³-hybridized carbons (Fsp3) is 0.0625. The molecule has 6 rings (SSSR count). The third kappa shape index (κ3) is 4.72. The van der Waals surface area contributed by atoms with Crippen molar-refractivity contribution in [2.75, 3.05) is 19.0 Å². The van der Waals surface area contributed by atoms with E-state index in [0.29, 0.717) is 16.2 Å². The van der Waals surface area contributed by atoms with Crippen molar-refractivity contribution in [1.29, 1.82) is 0 Å². The molecule has 0 N–H and O–H groups in total. The number of furan rings is 1. The average molecular weight is 518 g/mol. The summed E-state index contributed by atoms with van der Waals surface area (Å²) in [5.41, 5.74) is 7.97. The molecule has 186 valence electrons. The van der Waals surface area contributed by atoms with E-state index >= 15 is 0 Å². The van der Waals surface area contributed by atoms with Crippen LogP contribution in [0, 0.1) is 0 Å². The van der Waals surface area contributed by atoms with Gasteiger partial charge in [0.1, 0.15) is 11.2 Å². The Balaban J connectivity index is 1.48. The van der Waals surface area contributed by atoms with Gasteiger partial charge in [0.15, 0.2) is 0 Å². The second kappa shape index (κ2) is 10.0. The molecule has 0 aliphatic heterocycles. The van der Waals surface area contributed by atoms with Gasteiger partial charge in [-0.05, 0) is 52.6 Å². The lowest BCUT2D eigenvalue weighted by molar-refractivity contribution is 0.537. The minimum atomic E-state index is 0.404. The molecule has 4 aromatic carbocycles. The van der Waals surface area contributed by atoms with E-state index in [1.54, 1.807) is 12.5 Å². The summed E-state index contributed by atoms with van der Waals surface area (Å²) in [5, 5.41) is 11.3. The SMILES string of the molecule is CN(C)c1ccc(/C=N\N=c2/cc(-c3ccccc3)c3cc4c(-c5ccc(Cl)cc5)coc4cc3o2)cc1. The van der Waals surface area contributed by atoms with Gasteiger partial charge in [-0.25, -0.2) is 0 Å². The highest BCUT2D eigenvalue weighted by Gasteiger charge is 2.14. The van der Waals surface area contributed by atoms with Crippen molar-refractivity contribution in [3.8, 4) is 22.3 Å². The molecule has 6 aromatic rings. The summed E-state index contributed by atoms with van der Waals surface area (Å²) in [6.45, 7) is 0. The minimum absolute atomic E-state index is 0.404. The lowest BCUT2D eigenvalue weighted by Crippen LogP contribution is -2.08.